The molecule has 0 fully saturated rings. The van der Waals surface area contributed by atoms with Gasteiger partial charge in [0, 0.05) is 17.3 Å². The zero-order chi connectivity index (χ0) is 13.0. The van der Waals surface area contributed by atoms with E-state index in [0.29, 0.717) is 0 Å². The maximum atomic E-state index is 4.35. The first-order valence-corrected chi connectivity index (χ1v) is 5.66. The van der Waals surface area contributed by atoms with Crippen LogP contribution in [-0.4, -0.2) is 5.71 Å². The summed E-state index contributed by atoms with van der Waals surface area (Å²) in [5.41, 5.74) is 2.35. The highest BCUT2D eigenvalue weighted by molar-refractivity contribution is 6.00. The van der Waals surface area contributed by atoms with Crippen LogP contribution in [0.2, 0.25) is 0 Å². The Hall–Kier alpha value is -1.11. The number of rotatable bonds is 3. The highest BCUT2D eigenvalue weighted by atomic mass is 14.7. The second-order valence-electron chi connectivity index (χ2n) is 6.00. The van der Waals surface area contributed by atoms with Crippen molar-refractivity contribution in [3.8, 4) is 0 Å². The first-order valence-electron chi connectivity index (χ1n) is 5.66. The van der Waals surface area contributed by atoms with Gasteiger partial charge in [-0.2, -0.15) is 0 Å². The quantitative estimate of drug-likeness (QED) is 0.478. The summed E-state index contributed by atoms with van der Waals surface area (Å²) in [7, 11) is 0. The molecule has 0 aliphatic carbocycles. The highest BCUT2D eigenvalue weighted by Crippen LogP contribution is 2.28. The Morgan fingerprint density at radius 2 is 1.44 bits per heavy atom. The Kier molecular flexibility index (Phi) is 4.92. The summed E-state index contributed by atoms with van der Waals surface area (Å²) in [5, 5.41) is 0. The molecule has 0 aliphatic rings. The third-order valence-corrected chi connectivity index (χ3v) is 2.38. The van der Waals surface area contributed by atoms with E-state index in [2.05, 4.69) is 65.8 Å². The van der Waals surface area contributed by atoms with Crippen LogP contribution in [0.15, 0.2) is 42.1 Å². The summed E-state index contributed by atoms with van der Waals surface area (Å²) in [6, 6.07) is 0. The van der Waals surface area contributed by atoms with Crippen LogP contribution in [0.25, 0.3) is 0 Å². The van der Waals surface area contributed by atoms with Gasteiger partial charge in [0.25, 0.3) is 0 Å². The highest BCUT2D eigenvalue weighted by Gasteiger charge is 2.20. The average molecular weight is 219 g/mol. The number of allylic oxidation sites excluding steroid dienone is 3. The van der Waals surface area contributed by atoms with E-state index in [1.807, 2.05) is 6.08 Å². The van der Waals surface area contributed by atoms with Gasteiger partial charge in [-0.15, -0.1) is 0 Å². The molecule has 0 aliphatic heterocycles. The summed E-state index contributed by atoms with van der Waals surface area (Å²) >= 11 is 0. The smallest absolute Gasteiger partial charge is 0.0459 e. The third kappa shape index (κ3) is 4.61. The lowest BCUT2D eigenvalue weighted by molar-refractivity contribution is 0.516. The molecule has 0 amide bonds. The third-order valence-electron chi connectivity index (χ3n) is 2.38. The zero-order valence-corrected chi connectivity index (χ0v) is 11.6. The maximum absolute atomic E-state index is 4.35. The summed E-state index contributed by atoms with van der Waals surface area (Å²) in [4.78, 5) is 4.35. The Morgan fingerprint density at radius 3 is 1.69 bits per heavy atom. The molecule has 0 spiro atoms. The van der Waals surface area contributed by atoms with Crippen molar-refractivity contribution in [2.24, 2.45) is 15.8 Å². The minimum atomic E-state index is 0.0215. The van der Waals surface area contributed by atoms with Gasteiger partial charge in [0.15, 0.2) is 0 Å². The van der Waals surface area contributed by atoms with Crippen molar-refractivity contribution < 1.29 is 0 Å². The van der Waals surface area contributed by atoms with Gasteiger partial charge in [0.05, 0.1) is 0 Å². The molecule has 0 aromatic rings. The summed E-state index contributed by atoms with van der Waals surface area (Å²) in [6.45, 7) is 20.5. The standard InChI is InChI=1S/C15H25N/c1-9-12(14(3,4)5)11-13(16-10-2)15(6,7)8/h9-11H,1-2H2,3-8H3/b12-11+,16-13+. The van der Waals surface area contributed by atoms with Crippen LogP contribution in [0.5, 0.6) is 0 Å². The lowest BCUT2D eigenvalue weighted by Crippen LogP contribution is -2.20. The molecule has 0 saturated carbocycles. The van der Waals surface area contributed by atoms with Crippen LogP contribution in [0.4, 0.5) is 0 Å². The number of aliphatic imine (C=N–C) groups is 1. The Morgan fingerprint density at radius 1 is 0.938 bits per heavy atom. The first kappa shape index (κ1) is 14.9. The number of hydrogen-bond acceptors (Lipinski definition) is 1. The molecule has 1 heteroatoms. The molecule has 16 heavy (non-hydrogen) atoms. The predicted octanol–water partition coefficient (Wildman–Crippen LogP) is 4.78. The summed E-state index contributed by atoms with van der Waals surface area (Å²) < 4.78 is 0. The van der Waals surface area contributed by atoms with Crippen LogP contribution < -0.4 is 0 Å². The van der Waals surface area contributed by atoms with Crippen molar-refractivity contribution in [3.63, 3.8) is 0 Å². The van der Waals surface area contributed by atoms with Crippen molar-refractivity contribution in [2.45, 2.75) is 41.5 Å². The van der Waals surface area contributed by atoms with Gasteiger partial charge >= 0.3 is 0 Å². The van der Waals surface area contributed by atoms with Crippen molar-refractivity contribution in [3.05, 3.63) is 37.1 Å². The molecule has 0 heterocycles. The largest absolute Gasteiger partial charge is 0.261 e. The second-order valence-corrected chi connectivity index (χ2v) is 6.00. The van der Waals surface area contributed by atoms with Gasteiger partial charge in [-0.1, -0.05) is 60.8 Å². The molecule has 0 aromatic heterocycles. The van der Waals surface area contributed by atoms with E-state index in [-0.39, 0.29) is 10.8 Å². The Bertz CT molecular complexity index is 316. The van der Waals surface area contributed by atoms with Gasteiger partial charge in [-0.3, -0.25) is 4.99 Å². The average Bonchev–Trinajstić information content (AvgIpc) is 2.07. The molecular formula is C15H25N. The van der Waals surface area contributed by atoms with Crippen molar-refractivity contribution in [2.75, 3.05) is 0 Å². The van der Waals surface area contributed by atoms with Gasteiger partial charge in [0.1, 0.15) is 0 Å². The Labute approximate surface area is 101 Å². The topological polar surface area (TPSA) is 12.4 Å². The Balaban J connectivity index is 5.45. The number of hydrogen-bond donors (Lipinski definition) is 0. The van der Waals surface area contributed by atoms with Crippen LogP contribution >= 0.6 is 0 Å². The minimum absolute atomic E-state index is 0.0215. The number of nitrogens with zero attached hydrogens (tertiary/aromatic N) is 1. The molecule has 0 aromatic carbocycles. The fourth-order valence-electron chi connectivity index (χ4n) is 1.27. The molecule has 0 rings (SSSR count). The van der Waals surface area contributed by atoms with Gasteiger partial charge < -0.3 is 0 Å². The SMILES string of the molecule is C=C/N=C(\C=C(/C=C)C(C)(C)C)C(C)(C)C. The van der Waals surface area contributed by atoms with Crippen molar-refractivity contribution in [1.82, 2.24) is 0 Å². The van der Waals surface area contributed by atoms with E-state index in [4.69, 9.17) is 0 Å². The second kappa shape index (κ2) is 5.29. The zero-order valence-electron chi connectivity index (χ0n) is 11.6. The molecule has 0 saturated heterocycles. The first-order chi connectivity index (χ1) is 7.12. The molecule has 0 N–H and O–H groups in total. The van der Waals surface area contributed by atoms with Gasteiger partial charge in [-0.05, 0) is 17.1 Å². The lowest BCUT2D eigenvalue weighted by atomic mass is 9.82. The van der Waals surface area contributed by atoms with E-state index in [1.54, 1.807) is 6.20 Å². The normalized spacial score (nSPS) is 14.9. The summed E-state index contributed by atoms with van der Waals surface area (Å²) in [6.07, 6.45) is 5.62. The fourth-order valence-corrected chi connectivity index (χ4v) is 1.27. The minimum Gasteiger partial charge on any atom is -0.261 e. The van der Waals surface area contributed by atoms with Crippen molar-refractivity contribution in [1.29, 1.82) is 0 Å². The molecule has 0 unspecified atom stereocenters. The van der Waals surface area contributed by atoms with E-state index in [1.165, 1.54) is 5.57 Å². The predicted molar refractivity (Wildman–Crippen MR) is 74.8 cm³/mol. The van der Waals surface area contributed by atoms with Gasteiger partial charge in [-0.25, -0.2) is 0 Å². The van der Waals surface area contributed by atoms with Crippen LogP contribution in [0, 0.1) is 10.8 Å². The van der Waals surface area contributed by atoms with E-state index >= 15 is 0 Å². The van der Waals surface area contributed by atoms with Crippen LogP contribution in [0.3, 0.4) is 0 Å². The van der Waals surface area contributed by atoms with E-state index in [9.17, 15) is 0 Å². The molecular weight excluding hydrogens is 194 g/mol. The molecule has 0 bridgehead atoms. The van der Waals surface area contributed by atoms with Gasteiger partial charge in [0.2, 0.25) is 0 Å². The monoisotopic (exact) mass is 219 g/mol. The van der Waals surface area contributed by atoms with E-state index in [0.717, 1.165) is 5.71 Å². The van der Waals surface area contributed by atoms with Crippen molar-refractivity contribution >= 4 is 5.71 Å². The van der Waals surface area contributed by atoms with Crippen LogP contribution in [-0.2, 0) is 0 Å². The fraction of sp³-hybridized carbons (Fsp3) is 0.533. The van der Waals surface area contributed by atoms with Crippen LogP contribution in [0.1, 0.15) is 41.5 Å². The van der Waals surface area contributed by atoms with E-state index < -0.39 is 0 Å². The molecule has 0 radical (unpaired) electrons. The summed E-state index contributed by atoms with van der Waals surface area (Å²) in [5.74, 6) is 0. The lowest BCUT2D eigenvalue weighted by Gasteiger charge is -2.24. The molecule has 90 valence electrons. The molecule has 0 atom stereocenters. The maximum Gasteiger partial charge on any atom is 0.0459 e. The molecule has 1 nitrogen and oxygen atoms in total.